The molecule has 1 aromatic heterocycles. The molecule has 5 heteroatoms. The van der Waals surface area contributed by atoms with Gasteiger partial charge in [-0.3, -0.25) is 0 Å². The minimum absolute atomic E-state index is 0.0884. The van der Waals surface area contributed by atoms with Gasteiger partial charge in [0, 0.05) is 29.0 Å². The van der Waals surface area contributed by atoms with Crippen LogP contribution in [0, 0.1) is 25.5 Å². The Bertz CT molecular complexity index is 612. The van der Waals surface area contributed by atoms with Gasteiger partial charge in [0.15, 0.2) is 0 Å². The molecule has 0 aliphatic heterocycles. The summed E-state index contributed by atoms with van der Waals surface area (Å²) in [5.74, 6) is -1.19. The van der Waals surface area contributed by atoms with Crippen LogP contribution in [-0.4, -0.2) is 4.57 Å². The fourth-order valence-electron chi connectivity index (χ4n) is 2.43. The number of hydrogen-bond acceptors (Lipinski definition) is 1. The predicted molar refractivity (Wildman–Crippen MR) is 81.0 cm³/mol. The van der Waals surface area contributed by atoms with Crippen LogP contribution in [0.5, 0.6) is 0 Å². The zero-order valence-electron chi connectivity index (χ0n) is 11.7. The lowest BCUT2D eigenvalue weighted by Gasteiger charge is -2.10. The first kappa shape index (κ1) is 15.0. The van der Waals surface area contributed by atoms with Gasteiger partial charge in [-0.25, -0.2) is 8.78 Å². The summed E-state index contributed by atoms with van der Waals surface area (Å²) in [6, 6.07) is 4.54. The molecule has 108 valence electrons. The van der Waals surface area contributed by atoms with Crippen LogP contribution < -0.4 is 5.32 Å². The van der Waals surface area contributed by atoms with Gasteiger partial charge in [-0.15, -0.1) is 0 Å². The lowest BCUT2D eigenvalue weighted by molar-refractivity contribution is 0.586. The number of halogens is 3. The van der Waals surface area contributed by atoms with E-state index in [1.54, 1.807) is 0 Å². The van der Waals surface area contributed by atoms with Crippen molar-refractivity contribution >= 4 is 21.6 Å². The van der Waals surface area contributed by atoms with Crippen LogP contribution in [0.1, 0.15) is 23.9 Å². The van der Waals surface area contributed by atoms with Crippen LogP contribution in [0.4, 0.5) is 14.5 Å². The maximum atomic E-state index is 13.7. The first-order valence-electron chi connectivity index (χ1n) is 6.48. The topological polar surface area (TPSA) is 17.0 Å². The molecule has 0 amide bonds. The van der Waals surface area contributed by atoms with E-state index in [-0.39, 0.29) is 5.69 Å². The molecule has 0 fully saturated rings. The first-order chi connectivity index (χ1) is 9.43. The standard InChI is InChI=1S/C15H17BrF2N2/c1-4-20-9(2)5-11(10(20)3)8-19-15-13(17)6-12(16)7-14(15)18/h5-7,19H,4,8H2,1-3H3. The van der Waals surface area contributed by atoms with Crippen molar-refractivity contribution in [3.63, 3.8) is 0 Å². The second-order valence-electron chi connectivity index (χ2n) is 4.74. The van der Waals surface area contributed by atoms with Crippen molar-refractivity contribution in [2.45, 2.75) is 33.9 Å². The van der Waals surface area contributed by atoms with Gasteiger partial charge in [0.2, 0.25) is 0 Å². The number of hydrogen-bond donors (Lipinski definition) is 1. The summed E-state index contributed by atoms with van der Waals surface area (Å²) in [5.41, 5.74) is 3.23. The SMILES string of the molecule is CCn1c(C)cc(CNc2c(F)cc(Br)cc2F)c1C. The van der Waals surface area contributed by atoms with Gasteiger partial charge in [-0.05, 0) is 44.5 Å². The molecule has 0 unspecified atom stereocenters. The third-order valence-corrected chi connectivity index (χ3v) is 3.92. The summed E-state index contributed by atoms with van der Waals surface area (Å²) in [5, 5.41) is 2.85. The molecule has 20 heavy (non-hydrogen) atoms. The molecule has 0 aliphatic carbocycles. The number of nitrogens with zero attached hydrogens (tertiary/aromatic N) is 1. The van der Waals surface area contributed by atoms with Gasteiger partial charge in [0.25, 0.3) is 0 Å². The van der Waals surface area contributed by atoms with Crippen LogP contribution in [0.25, 0.3) is 0 Å². The summed E-state index contributed by atoms with van der Waals surface area (Å²) >= 11 is 3.07. The quantitative estimate of drug-likeness (QED) is 0.846. The summed E-state index contributed by atoms with van der Waals surface area (Å²) in [7, 11) is 0. The van der Waals surface area contributed by atoms with E-state index >= 15 is 0 Å². The van der Waals surface area contributed by atoms with E-state index in [2.05, 4.69) is 32.7 Å². The monoisotopic (exact) mass is 342 g/mol. The van der Waals surface area contributed by atoms with E-state index in [4.69, 9.17) is 0 Å². The lowest BCUT2D eigenvalue weighted by atomic mass is 10.2. The average Bonchev–Trinajstić information content (AvgIpc) is 2.62. The Kier molecular flexibility index (Phi) is 4.48. The Labute approximate surface area is 125 Å². The largest absolute Gasteiger partial charge is 0.376 e. The van der Waals surface area contributed by atoms with Gasteiger partial charge >= 0.3 is 0 Å². The van der Waals surface area contributed by atoms with E-state index in [1.807, 2.05) is 19.9 Å². The highest BCUT2D eigenvalue weighted by molar-refractivity contribution is 9.10. The second kappa shape index (κ2) is 5.95. The maximum Gasteiger partial charge on any atom is 0.150 e. The average molecular weight is 343 g/mol. The Hall–Kier alpha value is -1.36. The molecule has 1 aromatic carbocycles. The molecule has 2 rings (SSSR count). The van der Waals surface area contributed by atoms with Gasteiger partial charge in [0.05, 0.1) is 0 Å². The Morgan fingerprint density at radius 3 is 2.25 bits per heavy atom. The molecular weight excluding hydrogens is 326 g/mol. The number of rotatable bonds is 4. The summed E-state index contributed by atoms with van der Waals surface area (Å²) in [6.07, 6.45) is 0. The fourth-order valence-corrected chi connectivity index (χ4v) is 2.83. The van der Waals surface area contributed by atoms with Crippen molar-refractivity contribution in [2.24, 2.45) is 0 Å². The molecule has 0 aliphatic rings. The molecule has 0 bridgehead atoms. The number of nitrogens with one attached hydrogen (secondary N) is 1. The van der Waals surface area contributed by atoms with Crippen LogP contribution in [0.3, 0.4) is 0 Å². The predicted octanol–water partition coefficient (Wildman–Crippen LogP) is 4.78. The van der Waals surface area contributed by atoms with Crippen molar-refractivity contribution in [3.8, 4) is 0 Å². The van der Waals surface area contributed by atoms with Gasteiger partial charge in [-0.2, -0.15) is 0 Å². The van der Waals surface area contributed by atoms with Crippen LogP contribution >= 0.6 is 15.9 Å². The minimum atomic E-state index is -0.596. The van der Waals surface area contributed by atoms with Gasteiger partial charge < -0.3 is 9.88 Å². The Morgan fingerprint density at radius 1 is 1.15 bits per heavy atom. The molecule has 2 nitrogen and oxygen atoms in total. The number of benzene rings is 1. The van der Waals surface area contributed by atoms with Crippen LogP contribution in [0.2, 0.25) is 0 Å². The Balaban J connectivity index is 2.21. The van der Waals surface area contributed by atoms with Crippen molar-refractivity contribution in [3.05, 3.63) is 51.3 Å². The molecule has 1 heterocycles. The van der Waals surface area contributed by atoms with E-state index in [9.17, 15) is 8.78 Å². The molecule has 0 spiro atoms. The van der Waals surface area contributed by atoms with Gasteiger partial charge in [-0.1, -0.05) is 15.9 Å². The third-order valence-electron chi connectivity index (χ3n) is 3.46. The van der Waals surface area contributed by atoms with Crippen molar-refractivity contribution in [1.82, 2.24) is 4.57 Å². The molecule has 0 saturated heterocycles. The zero-order chi connectivity index (χ0) is 14.9. The first-order valence-corrected chi connectivity index (χ1v) is 7.27. The maximum absolute atomic E-state index is 13.7. The van der Waals surface area contributed by atoms with Crippen molar-refractivity contribution < 1.29 is 8.78 Å². The van der Waals surface area contributed by atoms with E-state index in [1.165, 1.54) is 12.1 Å². The van der Waals surface area contributed by atoms with Crippen LogP contribution in [-0.2, 0) is 13.1 Å². The van der Waals surface area contributed by atoms with Crippen molar-refractivity contribution in [2.75, 3.05) is 5.32 Å². The molecule has 0 saturated carbocycles. The molecule has 1 N–H and O–H groups in total. The number of anilines is 1. The molecular formula is C15H17BrF2N2. The second-order valence-corrected chi connectivity index (χ2v) is 5.65. The number of aryl methyl sites for hydroxylation is 1. The minimum Gasteiger partial charge on any atom is -0.376 e. The lowest BCUT2D eigenvalue weighted by Crippen LogP contribution is -2.06. The fraction of sp³-hybridized carbons (Fsp3) is 0.333. The summed E-state index contributed by atoms with van der Waals surface area (Å²) in [6.45, 7) is 7.40. The van der Waals surface area contributed by atoms with Gasteiger partial charge in [0.1, 0.15) is 17.3 Å². The van der Waals surface area contributed by atoms with E-state index < -0.39 is 11.6 Å². The molecule has 0 atom stereocenters. The molecule has 0 radical (unpaired) electrons. The third kappa shape index (κ3) is 2.87. The zero-order valence-corrected chi connectivity index (χ0v) is 13.3. The van der Waals surface area contributed by atoms with E-state index in [0.29, 0.717) is 11.0 Å². The number of aromatic nitrogens is 1. The van der Waals surface area contributed by atoms with Crippen LogP contribution in [0.15, 0.2) is 22.7 Å². The molecule has 2 aromatic rings. The Morgan fingerprint density at radius 2 is 1.75 bits per heavy atom. The van der Waals surface area contributed by atoms with Crippen molar-refractivity contribution in [1.29, 1.82) is 0 Å². The summed E-state index contributed by atoms with van der Waals surface area (Å²) in [4.78, 5) is 0. The smallest absolute Gasteiger partial charge is 0.150 e. The highest BCUT2D eigenvalue weighted by atomic mass is 79.9. The summed E-state index contributed by atoms with van der Waals surface area (Å²) < 4.78 is 30.0. The highest BCUT2D eigenvalue weighted by Crippen LogP contribution is 2.25. The highest BCUT2D eigenvalue weighted by Gasteiger charge is 2.12. The van der Waals surface area contributed by atoms with E-state index in [0.717, 1.165) is 23.5 Å². The normalized spacial score (nSPS) is 10.9.